The number of hydrogen-bond acceptors (Lipinski definition) is 3. The van der Waals surface area contributed by atoms with Gasteiger partial charge >= 0.3 is 24.4 Å². The largest absolute Gasteiger partial charge is 0.480 e. The van der Waals surface area contributed by atoms with Crippen molar-refractivity contribution in [1.82, 2.24) is 14.7 Å². The van der Waals surface area contributed by atoms with Gasteiger partial charge in [0.1, 0.15) is 11.9 Å². The maximum absolute atomic E-state index is 14.0. The quantitative estimate of drug-likeness (QED) is 0.381. The molecule has 42 heavy (non-hydrogen) atoms. The zero-order valence-corrected chi connectivity index (χ0v) is 23.5. The minimum absolute atomic E-state index is 0.0396. The molecule has 6 nitrogen and oxygen atoms in total. The molecule has 2 heterocycles. The number of carboxylic acid groups (broad SMARTS) is 1. The summed E-state index contributed by atoms with van der Waals surface area (Å²) in [7, 11) is 3.03. The van der Waals surface area contributed by atoms with Crippen LogP contribution in [0.2, 0.25) is 0 Å². The highest BCUT2D eigenvalue weighted by molar-refractivity contribution is 5.76. The Bertz CT molecular complexity index is 1330. The lowest BCUT2D eigenvalue weighted by molar-refractivity contribution is -0.144. The van der Waals surface area contributed by atoms with Gasteiger partial charge in [-0.25, -0.2) is 9.18 Å². The molecule has 13 heteroatoms. The van der Waals surface area contributed by atoms with Gasteiger partial charge in [-0.05, 0) is 93.6 Å². The van der Waals surface area contributed by atoms with E-state index in [1.165, 1.54) is 31.0 Å². The Morgan fingerprint density at radius 2 is 1.62 bits per heavy atom. The van der Waals surface area contributed by atoms with Gasteiger partial charge in [0, 0.05) is 19.1 Å². The summed E-state index contributed by atoms with van der Waals surface area (Å²) in [5.41, 5.74) is -2.69. The molecule has 0 saturated carbocycles. The van der Waals surface area contributed by atoms with Crippen molar-refractivity contribution >= 4 is 12.0 Å². The third kappa shape index (κ3) is 5.93. The lowest BCUT2D eigenvalue weighted by Gasteiger charge is -2.50. The maximum atomic E-state index is 14.0. The number of carbonyl (C=O) groups is 2. The zero-order valence-electron chi connectivity index (χ0n) is 23.5. The first kappa shape index (κ1) is 31.6. The van der Waals surface area contributed by atoms with Crippen molar-refractivity contribution in [1.29, 1.82) is 0 Å². The van der Waals surface area contributed by atoms with Crippen LogP contribution in [0.15, 0.2) is 36.4 Å². The molecule has 0 unspecified atom stereocenters. The summed E-state index contributed by atoms with van der Waals surface area (Å²) in [5, 5.41) is 9.68. The number of rotatable bonds is 4. The first-order valence-corrected chi connectivity index (χ1v) is 13.4. The molecule has 2 aliphatic heterocycles. The number of aryl methyl sites for hydroxylation is 1. The van der Waals surface area contributed by atoms with Crippen LogP contribution in [0.25, 0.3) is 0 Å². The van der Waals surface area contributed by atoms with E-state index in [2.05, 4.69) is 0 Å². The van der Waals surface area contributed by atoms with Crippen molar-refractivity contribution in [2.45, 2.75) is 75.5 Å². The van der Waals surface area contributed by atoms with E-state index in [4.69, 9.17) is 0 Å². The normalized spacial score (nSPS) is 24.2. The number of alkyl halides is 6. The molecule has 1 N–H and O–H groups in total. The first-order valence-electron chi connectivity index (χ1n) is 13.4. The van der Waals surface area contributed by atoms with Gasteiger partial charge < -0.3 is 14.9 Å². The first-order chi connectivity index (χ1) is 19.4. The molecule has 230 valence electrons. The van der Waals surface area contributed by atoms with Gasteiger partial charge in [-0.1, -0.05) is 6.07 Å². The summed E-state index contributed by atoms with van der Waals surface area (Å²) >= 11 is 0. The standard InChI is InChI=1S/C29H32F7N3O3/c1-16-11-21(30)5-6-22(16)24-15-27(8-7-23(25(40)41)38(27)4)9-10-39(24)26(42)37(3)17(2)18-12-19(28(31,32)33)14-20(13-18)29(34,35)36/h5-6,11-14,17,23-24H,7-10,15H2,1-4H3,(H,40,41)/t17-,23+,24+,27-/m0/s1. The average Bonchev–Trinajstić information content (AvgIpc) is 3.21. The predicted octanol–water partition coefficient (Wildman–Crippen LogP) is 7.04. The molecule has 2 aliphatic rings. The molecule has 2 aromatic rings. The number of benzene rings is 2. The maximum Gasteiger partial charge on any atom is 0.416 e. The van der Waals surface area contributed by atoms with Crippen LogP contribution >= 0.6 is 0 Å². The molecule has 2 fully saturated rings. The van der Waals surface area contributed by atoms with Crippen molar-refractivity contribution in [3.63, 3.8) is 0 Å². The Hall–Kier alpha value is -3.35. The van der Waals surface area contributed by atoms with Crippen LogP contribution in [0.3, 0.4) is 0 Å². The van der Waals surface area contributed by atoms with E-state index in [1.807, 2.05) is 0 Å². The number of aliphatic carboxylic acids is 1. The highest BCUT2D eigenvalue weighted by atomic mass is 19.4. The van der Waals surface area contributed by atoms with Gasteiger partial charge in [0.2, 0.25) is 0 Å². The number of amides is 2. The fraction of sp³-hybridized carbons (Fsp3) is 0.517. The minimum Gasteiger partial charge on any atom is -0.480 e. The minimum atomic E-state index is -5.04. The van der Waals surface area contributed by atoms with Gasteiger partial charge in [-0.3, -0.25) is 9.69 Å². The smallest absolute Gasteiger partial charge is 0.416 e. The number of carboxylic acids is 1. The average molecular weight is 604 g/mol. The summed E-state index contributed by atoms with van der Waals surface area (Å²) in [4.78, 5) is 30.1. The molecule has 1 spiro atoms. The fourth-order valence-electron chi connectivity index (χ4n) is 6.33. The van der Waals surface area contributed by atoms with Crippen LogP contribution < -0.4 is 0 Å². The monoisotopic (exact) mass is 603 g/mol. The van der Waals surface area contributed by atoms with Crippen molar-refractivity contribution in [2.75, 3.05) is 20.6 Å². The predicted molar refractivity (Wildman–Crippen MR) is 139 cm³/mol. The number of likely N-dealkylation sites (tertiary alicyclic amines) is 2. The van der Waals surface area contributed by atoms with Gasteiger partial charge in [-0.2, -0.15) is 26.3 Å². The topological polar surface area (TPSA) is 64.1 Å². The molecule has 2 saturated heterocycles. The summed E-state index contributed by atoms with van der Waals surface area (Å²) in [6.07, 6.45) is -8.40. The van der Waals surface area contributed by atoms with Gasteiger partial charge in [0.25, 0.3) is 0 Å². The zero-order chi connectivity index (χ0) is 31.4. The lowest BCUT2D eigenvalue weighted by atomic mass is 9.78. The van der Waals surface area contributed by atoms with E-state index in [-0.39, 0.29) is 18.2 Å². The third-order valence-corrected chi connectivity index (χ3v) is 8.96. The van der Waals surface area contributed by atoms with Crippen molar-refractivity contribution < 1.29 is 45.4 Å². The second-order valence-electron chi connectivity index (χ2n) is 11.3. The van der Waals surface area contributed by atoms with Crippen LogP contribution in [0.5, 0.6) is 0 Å². The Labute approximate surface area is 238 Å². The molecule has 0 aromatic heterocycles. The van der Waals surface area contributed by atoms with Crippen LogP contribution in [0.4, 0.5) is 35.5 Å². The number of nitrogens with zero attached hydrogens (tertiary/aromatic N) is 3. The molecule has 4 atom stereocenters. The highest BCUT2D eigenvalue weighted by Gasteiger charge is 2.52. The second-order valence-corrected chi connectivity index (χ2v) is 11.3. The number of urea groups is 1. The Balaban J connectivity index is 1.70. The van der Waals surface area contributed by atoms with E-state index < -0.39 is 65.0 Å². The number of likely N-dealkylation sites (N-methyl/N-ethyl adjacent to an activating group) is 1. The summed E-state index contributed by atoms with van der Waals surface area (Å²) in [6, 6.07) is 2.19. The summed E-state index contributed by atoms with van der Waals surface area (Å²) in [5.74, 6) is -1.45. The second kappa shape index (κ2) is 11.1. The van der Waals surface area contributed by atoms with Gasteiger partial charge in [0.15, 0.2) is 0 Å². The molecule has 4 rings (SSSR count). The number of halogens is 7. The Morgan fingerprint density at radius 1 is 1.02 bits per heavy atom. The van der Waals surface area contributed by atoms with E-state index >= 15 is 0 Å². The number of hydrogen-bond donors (Lipinski definition) is 1. The van der Waals surface area contributed by atoms with Crippen molar-refractivity contribution in [3.05, 3.63) is 70.0 Å². The number of carbonyl (C=O) groups excluding carboxylic acids is 1. The number of piperidine rings is 1. The van der Waals surface area contributed by atoms with Crippen LogP contribution in [0.1, 0.15) is 72.5 Å². The van der Waals surface area contributed by atoms with Crippen LogP contribution in [0, 0.1) is 12.7 Å². The van der Waals surface area contributed by atoms with E-state index in [9.17, 15) is 45.4 Å². The van der Waals surface area contributed by atoms with E-state index in [0.29, 0.717) is 48.9 Å². The molecule has 2 aromatic carbocycles. The van der Waals surface area contributed by atoms with Crippen molar-refractivity contribution in [3.8, 4) is 0 Å². The molecule has 0 bridgehead atoms. The SMILES string of the molecule is Cc1cc(F)ccc1[C@H]1C[C@]2(CC[C@H](C(=O)O)N2C)CCN1C(=O)N(C)[C@@H](C)c1cc(C(F)(F)F)cc(C(F)(F)F)c1. The molecule has 0 aliphatic carbocycles. The molecular weight excluding hydrogens is 571 g/mol. The summed E-state index contributed by atoms with van der Waals surface area (Å²) in [6.45, 7) is 3.16. The highest BCUT2D eigenvalue weighted by Crippen LogP contribution is 2.48. The lowest BCUT2D eigenvalue weighted by Crippen LogP contribution is -2.57. The molecule has 0 radical (unpaired) electrons. The van der Waals surface area contributed by atoms with E-state index in [0.717, 1.165) is 4.90 Å². The van der Waals surface area contributed by atoms with Crippen LogP contribution in [-0.4, -0.2) is 64.0 Å². The molecule has 2 amide bonds. The van der Waals surface area contributed by atoms with Crippen LogP contribution in [-0.2, 0) is 17.1 Å². The molecular formula is C29H32F7N3O3. The fourth-order valence-corrected chi connectivity index (χ4v) is 6.33. The van der Waals surface area contributed by atoms with E-state index in [1.54, 1.807) is 24.9 Å². The van der Waals surface area contributed by atoms with Gasteiger partial charge in [-0.15, -0.1) is 0 Å². The Kier molecular flexibility index (Phi) is 8.31. The Morgan fingerprint density at radius 3 is 2.12 bits per heavy atom. The van der Waals surface area contributed by atoms with Gasteiger partial charge in [0.05, 0.1) is 23.2 Å². The third-order valence-electron chi connectivity index (χ3n) is 8.96. The van der Waals surface area contributed by atoms with Crippen molar-refractivity contribution in [2.24, 2.45) is 0 Å². The summed E-state index contributed by atoms with van der Waals surface area (Å²) < 4.78 is 94.9.